The maximum atomic E-state index is 12.2. The average molecular weight is 448 g/mol. The molecule has 0 bridgehead atoms. The third kappa shape index (κ3) is 4.61. The lowest BCUT2D eigenvalue weighted by atomic mass is 10.1. The molecular formula is C25H29N5O3. The van der Waals surface area contributed by atoms with E-state index in [-0.39, 0.29) is 23.2 Å². The zero-order chi connectivity index (χ0) is 23.5. The number of rotatable bonds is 10. The van der Waals surface area contributed by atoms with Gasteiger partial charge in [-0.1, -0.05) is 26.0 Å². The Hall–Kier alpha value is -3.65. The number of hydrogen-bond donors (Lipinski definition) is 3. The van der Waals surface area contributed by atoms with Gasteiger partial charge in [0.15, 0.2) is 0 Å². The summed E-state index contributed by atoms with van der Waals surface area (Å²) in [6.45, 7) is 10.0. The normalized spacial score (nSPS) is 12.5. The van der Waals surface area contributed by atoms with Crippen molar-refractivity contribution >= 4 is 28.1 Å². The number of nitrogens with one attached hydrogen (secondary N) is 2. The van der Waals surface area contributed by atoms with Crippen LogP contribution in [0.2, 0.25) is 0 Å². The molecule has 4 rings (SSSR count). The summed E-state index contributed by atoms with van der Waals surface area (Å²) < 4.78 is 2.12. The Balaban J connectivity index is 1.50. The lowest BCUT2D eigenvalue weighted by molar-refractivity contribution is 0.292. The van der Waals surface area contributed by atoms with Crippen LogP contribution in [0, 0.1) is 0 Å². The van der Waals surface area contributed by atoms with Gasteiger partial charge in [-0.2, -0.15) is 0 Å². The van der Waals surface area contributed by atoms with Crippen LogP contribution in [0.1, 0.15) is 32.4 Å². The van der Waals surface area contributed by atoms with Crippen molar-refractivity contribution in [3.05, 3.63) is 74.8 Å². The van der Waals surface area contributed by atoms with E-state index >= 15 is 0 Å². The van der Waals surface area contributed by atoms with Crippen LogP contribution >= 0.6 is 0 Å². The number of aromatic nitrogens is 2. The number of fused-ring (bicyclic) bond motifs is 1. The molecule has 0 amide bonds. The van der Waals surface area contributed by atoms with E-state index in [0.29, 0.717) is 5.69 Å². The molecule has 33 heavy (non-hydrogen) atoms. The van der Waals surface area contributed by atoms with Crippen LogP contribution in [-0.4, -0.2) is 39.2 Å². The molecule has 0 unspecified atom stereocenters. The van der Waals surface area contributed by atoms with Gasteiger partial charge in [0.05, 0.1) is 17.4 Å². The van der Waals surface area contributed by atoms with E-state index < -0.39 is 10.9 Å². The number of anilines is 3. The Bertz CT molecular complexity index is 1330. The molecule has 0 saturated heterocycles. The monoisotopic (exact) mass is 447 g/mol. The fourth-order valence-corrected chi connectivity index (χ4v) is 4.00. The number of benzene rings is 2. The third-order valence-electron chi connectivity index (χ3n) is 6.08. The second kappa shape index (κ2) is 9.46. The standard InChI is InChI=1S/C25H29N5O3/c1-4-29(5-2)11-12-30-15-26-20-14-18(9-10-21(20)30)28-23-22(24(32)25(23)33)27-16(3)17-7-6-8-19(31)13-17/h6-10,13-16,27-28,31H,4-5,11-12H2,1-3H3/t16-/m1/s1. The highest BCUT2D eigenvalue weighted by atomic mass is 16.3. The van der Waals surface area contributed by atoms with E-state index in [1.165, 1.54) is 0 Å². The van der Waals surface area contributed by atoms with Gasteiger partial charge in [-0.3, -0.25) is 9.59 Å². The van der Waals surface area contributed by atoms with E-state index in [1.54, 1.807) is 18.2 Å². The predicted molar refractivity (Wildman–Crippen MR) is 132 cm³/mol. The maximum Gasteiger partial charge on any atom is 0.253 e. The van der Waals surface area contributed by atoms with Gasteiger partial charge in [-0.25, -0.2) is 4.98 Å². The first kappa shape index (κ1) is 22.5. The molecule has 0 fully saturated rings. The summed E-state index contributed by atoms with van der Waals surface area (Å²) in [6.07, 6.45) is 1.83. The van der Waals surface area contributed by atoms with Crippen molar-refractivity contribution in [1.29, 1.82) is 0 Å². The van der Waals surface area contributed by atoms with Gasteiger partial charge in [0, 0.05) is 24.8 Å². The summed E-state index contributed by atoms with van der Waals surface area (Å²) in [5.74, 6) is 0.148. The summed E-state index contributed by atoms with van der Waals surface area (Å²) in [6, 6.07) is 12.3. The molecule has 4 aromatic rings. The van der Waals surface area contributed by atoms with Crippen LogP contribution in [0.15, 0.2) is 58.4 Å². The van der Waals surface area contributed by atoms with Gasteiger partial charge in [0.25, 0.3) is 10.9 Å². The molecule has 1 heterocycles. The Labute approximate surface area is 192 Å². The number of aromatic hydroxyl groups is 1. The molecular weight excluding hydrogens is 418 g/mol. The second-order valence-electron chi connectivity index (χ2n) is 8.16. The lowest BCUT2D eigenvalue weighted by Gasteiger charge is -2.20. The topological polar surface area (TPSA) is 99.5 Å². The molecule has 8 heteroatoms. The summed E-state index contributed by atoms with van der Waals surface area (Å²) in [5, 5.41) is 15.9. The Kier molecular flexibility index (Phi) is 6.46. The van der Waals surface area contributed by atoms with Crippen LogP contribution in [0.5, 0.6) is 5.75 Å². The van der Waals surface area contributed by atoms with Crippen LogP contribution in [0.25, 0.3) is 11.0 Å². The molecule has 3 aromatic carbocycles. The van der Waals surface area contributed by atoms with Gasteiger partial charge in [-0.05, 0) is 55.9 Å². The van der Waals surface area contributed by atoms with Gasteiger partial charge in [0.2, 0.25) is 0 Å². The lowest BCUT2D eigenvalue weighted by Crippen LogP contribution is -2.37. The molecule has 1 atom stereocenters. The fourth-order valence-electron chi connectivity index (χ4n) is 4.00. The molecule has 3 N–H and O–H groups in total. The number of likely N-dealkylation sites (N-methyl/N-ethyl adjacent to an activating group) is 1. The molecule has 0 aliphatic heterocycles. The van der Waals surface area contributed by atoms with E-state index in [0.717, 1.165) is 42.8 Å². The van der Waals surface area contributed by atoms with E-state index in [4.69, 9.17) is 0 Å². The number of nitrogens with zero attached hydrogens (tertiary/aromatic N) is 3. The minimum atomic E-state index is -0.551. The van der Waals surface area contributed by atoms with E-state index in [2.05, 4.69) is 38.9 Å². The summed E-state index contributed by atoms with van der Waals surface area (Å²) >= 11 is 0. The van der Waals surface area contributed by atoms with E-state index in [1.807, 2.05) is 37.5 Å². The second-order valence-corrected chi connectivity index (χ2v) is 8.16. The highest BCUT2D eigenvalue weighted by molar-refractivity contribution is 5.84. The first-order valence-electron chi connectivity index (χ1n) is 11.2. The van der Waals surface area contributed by atoms with Gasteiger partial charge < -0.3 is 25.2 Å². The predicted octanol–water partition coefficient (Wildman–Crippen LogP) is 3.60. The van der Waals surface area contributed by atoms with Gasteiger partial charge in [0.1, 0.15) is 17.1 Å². The van der Waals surface area contributed by atoms with Crippen LogP contribution in [0.3, 0.4) is 0 Å². The van der Waals surface area contributed by atoms with Crippen molar-refractivity contribution in [2.75, 3.05) is 30.3 Å². The SMILES string of the molecule is CCN(CC)CCn1cnc2cc(Nc3c(N[C@H](C)c4cccc(O)c4)c(=O)c3=O)ccc21. The molecule has 172 valence electrons. The summed E-state index contributed by atoms with van der Waals surface area (Å²) in [4.78, 5) is 31.3. The Morgan fingerprint density at radius 1 is 1.06 bits per heavy atom. The highest BCUT2D eigenvalue weighted by Crippen LogP contribution is 2.27. The number of hydrogen-bond acceptors (Lipinski definition) is 7. The fraction of sp³-hybridized carbons (Fsp3) is 0.320. The summed E-state index contributed by atoms with van der Waals surface area (Å²) in [7, 11) is 0. The molecule has 0 spiro atoms. The van der Waals surface area contributed by atoms with Crippen LogP contribution in [0.4, 0.5) is 17.1 Å². The maximum absolute atomic E-state index is 12.2. The van der Waals surface area contributed by atoms with Crippen LogP contribution < -0.4 is 21.5 Å². The van der Waals surface area contributed by atoms with Gasteiger partial charge in [-0.15, -0.1) is 0 Å². The largest absolute Gasteiger partial charge is 0.508 e. The molecule has 0 aliphatic rings. The van der Waals surface area contributed by atoms with Crippen molar-refractivity contribution < 1.29 is 5.11 Å². The first-order chi connectivity index (χ1) is 15.9. The zero-order valence-corrected chi connectivity index (χ0v) is 19.1. The molecule has 0 radical (unpaired) electrons. The van der Waals surface area contributed by atoms with Crippen LogP contribution in [-0.2, 0) is 6.54 Å². The van der Waals surface area contributed by atoms with Crippen molar-refractivity contribution in [2.24, 2.45) is 0 Å². The summed E-state index contributed by atoms with van der Waals surface area (Å²) in [5.41, 5.74) is 2.74. The highest BCUT2D eigenvalue weighted by Gasteiger charge is 2.23. The molecule has 0 saturated carbocycles. The van der Waals surface area contributed by atoms with Crippen molar-refractivity contribution in [3.8, 4) is 5.75 Å². The molecule has 0 aliphatic carbocycles. The quantitative estimate of drug-likeness (QED) is 0.320. The Morgan fingerprint density at radius 2 is 1.82 bits per heavy atom. The van der Waals surface area contributed by atoms with Crippen molar-refractivity contribution in [1.82, 2.24) is 14.5 Å². The number of phenolic OH excluding ortho intramolecular Hbond substituents is 1. The molecule has 1 aromatic heterocycles. The third-order valence-corrected chi connectivity index (χ3v) is 6.08. The zero-order valence-electron chi connectivity index (χ0n) is 19.1. The van der Waals surface area contributed by atoms with Crippen molar-refractivity contribution in [2.45, 2.75) is 33.4 Å². The average Bonchev–Trinajstić information content (AvgIpc) is 3.23. The smallest absolute Gasteiger partial charge is 0.253 e. The minimum Gasteiger partial charge on any atom is -0.508 e. The minimum absolute atomic E-state index is 0.148. The van der Waals surface area contributed by atoms with Gasteiger partial charge >= 0.3 is 0 Å². The number of phenols is 1. The Morgan fingerprint density at radius 3 is 2.55 bits per heavy atom. The van der Waals surface area contributed by atoms with Crippen molar-refractivity contribution in [3.63, 3.8) is 0 Å². The number of imidazole rings is 1. The molecule has 8 nitrogen and oxygen atoms in total. The van der Waals surface area contributed by atoms with E-state index in [9.17, 15) is 14.7 Å². The first-order valence-corrected chi connectivity index (χ1v) is 11.2.